The van der Waals surface area contributed by atoms with Crippen molar-refractivity contribution in [2.24, 2.45) is 0 Å². The van der Waals surface area contributed by atoms with E-state index >= 15 is 0 Å². The molecule has 0 bridgehead atoms. The predicted octanol–water partition coefficient (Wildman–Crippen LogP) is 1.89. The molecule has 2 heterocycles. The summed E-state index contributed by atoms with van der Waals surface area (Å²) in [5.41, 5.74) is 0.928. The number of benzene rings is 1. The number of rotatable bonds is 5. The van der Waals surface area contributed by atoms with E-state index in [1.54, 1.807) is 13.2 Å². The second kappa shape index (κ2) is 7.81. The highest BCUT2D eigenvalue weighted by molar-refractivity contribution is 5.79. The minimum Gasteiger partial charge on any atom is -0.497 e. The van der Waals surface area contributed by atoms with Crippen LogP contribution >= 0.6 is 0 Å². The molecule has 26 heavy (non-hydrogen) atoms. The Morgan fingerprint density at radius 2 is 1.85 bits per heavy atom. The molecule has 0 radical (unpaired) electrons. The summed E-state index contributed by atoms with van der Waals surface area (Å²) in [6.07, 6.45) is 1.62. The molecule has 136 valence electrons. The van der Waals surface area contributed by atoms with Crippen molar-refractivity contribution < 1.29 is 14.5 Å². The van der Waals surface area contributed by atoms with E-state index in [9.17, 15) is 14.9 Å². The molecule has 3 rings (SSSR count). The van der Waals surface area contributed by atoms with E-state index < -0.39 is 4.92 Å². The van der Waals surface area contributed by atoms with Gasteiger partial charge in [-0.1, -0.05) is 12.1 Å². The van der Waals surface area contributed by atoms with Crippen molar-refractivity contribution in [3.8, 4) is 5.75 Å². The summed E-state index contributed by atoms with van der Waals surface area (Å²) < 4.78 is 5.12. The Morgan fingerprint density at radius 3 is 2.38 bits per heavy atom. The van der Waals surface area contributed by atoms with Gasteiger partial charge in [-0.2, -0.15) is 0 Å². The molecule has 1 aromatic heterocycles. The van der Waals surface area contributed by atoms with Gasteiger partial charge in [0.05, 0.1) is 18.5 Å². The van der Waals surface area contributed by atoms with Gasteiger partial charge >= 0.3 is 0 Å². The number of pyridine rings is 1. The van der Waals surface area contributed by atoms with Gasteiger partial charge in [0.15, 0.2) is 0 Å². The van der Waals surface area contributed by atoms with Crippen LogP contribution in [0.15, 0.2) is 42.6 Å². The minimum absolute atomic E-state index is 0.0259. The number of nitro groups is 1. The molecular weight excluding hydrogens is 336 g/mol. The molecule has 2 aromatic rings. The summed E-state index contributed by atoms with van der Waals surface area (Å²) in [7, 11) is 1.61. The first-order valence-electron chi connectivity index (χ1n) is 8.33. The number of hydrogen-bond donors (Lipinski definition) is 0. The zero-order valence-electron chi connectivity index (χ0n) is 14.5. The first-order valence-corrected chi connectivity index (χ1v) is 8.33. The molecule has 1 saturated heterocycles. The number of ether oxygens (including phenoxy) is 1. The molecule has 0 aliphatic carbocycles. The van der Waals surface area contributed by atoms with Gasteiger partial charge in [-0.3, -0.25) is 14.9 Å². The first kappa shape index (κ1) is 17.7. The highest BCUT2D eigenvalue weighted by atomic mass is 16.6. The Hall–Kier alpha value is -3.16. The lowest BCUT2D eigenvalue weighted by Gasteiger charge is -2.35. The number of methoxy groups -OCH3 is 1. The average Bonchev–Trinajstić information content (AvgIpc) is 2.69. The van der Waals surface area contributed by atoms with Crippen LogP contribution in [0.3, 0.4) is 0 Å². The van der Waals surface area contributed by atoms with Gasteiger partial charge in [0.25, 0.3) is 5.69 Å². The second-order valence-corrected chi connectivity index (χ2v) is 6.02. The predicted molar refractivity (Wildman–Crippen MR) is 96.4 cm³/mol. The number of amides is 1. The largest absolute Gasteiger partial charge is 0.497 e. The van der Waals surface area contributed by atoms with Gasteiger partial charge in [0, 0.05) is 32.2 Å². The van der Waals surface area contributed by atoms with E-state index in [4.69, 9.17) is 4.74 Å². The molecule has 1 aliphatic heterocycles. The van der Waals surface area contributed by atoms with E-state index in [1.165, 1.54) is 12.3 Å². The zero-order chi connectivity index (χ0) is 18.5. The minimum atomic E-state index is -0.466. The van der Waals surface area contributed by atoms with Gasteiger partial charge in [-0.05, 0) is 23.8 Å². The molecular formula is C18H20N4O4. The number of aromatic nitrogens is 1. The van der Waals surface area contributed by atoms with Crippen molar-refractivity contribution in [2.75, 3.05) is 38.2 Å². The Morgan fingerprint density at radius 1 is 1.15 bits per heavy atom. The molecule has 8 nitrogen and oxygen atoms in total. The molecule has 8 heteroatoms. The lowest BCUT2D eigenvalue weighted by atomic mass is 10.1. The molecule has 1 aromatic carbocycles. The van der Waals surface area contributed by atoms with Crippen LogP contribution in [0.25, 0.3) is 0 Å². The fourth-order valence-electron chi connectivity index (χ4n) is 2.89. The third-order valence-corrected chi connectivity index (χ3v) is 4.41. The van der Waals surface area contributed by atoms with Crippen molar-refractivity contribution in [2.45, 2.75) is 6.42 Å². The molecule has 1 amide bonds. The van der Waals surface area contributed by atoms with Crippen LogP contribution in [0.4, 0.5) is 11.5 Å². The third kappa shape index (κ3) is 4.08. The molecule has 1 aliphatic rings. The molecule has 0 saturated carbocycles. The second-order valence-electron chi connectivity index (χ2n) is 6.02. The number of carbonyl (C=O) groups excluding carboxylic acids is 1. The Labute approximate surface area is 151 Å². The van der Waals surface area contributed by atoms with Crippen LogP contribution in [0, 0.1) is 10.1 Å². The quantitative estimate of drug-likeness (QED) is 0.600. The molecule has 0 spiro atoms. The van der Waals surface area contributed by atoms with Crippen LogP contribution in [-0.2, 0) is 11.2 Å². The fraction of sp³-hybridized carbons (Fsp3) is 0.333. The van der Waals surface area contributed by atoms with E-state index in [0.29, 0.717) is 38.4 Å². The lowest BCUT2D eigenvalue weighted by Crippen LogP contribution is -2.49. The van der Waals surface area contributed by atoms with Crippen LogP contribution in [0.2, 0.25) is 0 Å². The summed E-state index contributed by atoms with van der Waals surface area (Å²) >= 11 is 0. The smallest absolute Gasteiger partial charge is 0.287 e. The van der Waals surface area contributed by atoms with Crippen molar-refractivity contribution in [3.05, 3.63) is 58.3 Å². The standard InChI is InChI=1S/C18H20N4O4/c1-26-16-5-2-14(3-6-16)12-18(23)21-10-8-20(9-11-21)17-7-4-15(13-19-17)22(24)25/h2-7,13H,8-12H2,1H3. The third-order valence-electron chi connectivity index (χ3n) is 4.41. The summed E-state index contributed by atoms with van der Waals surface area (Å²) in [5, 5.41) is 10.7. The van der Waals surface area contributed by atoms with Crippen molar-refractivity contribution in [3.63, 3.8) is 0 Å². The van der Waals surface area contributed by atoms with Crippen LogP contribution in [0.5, 0.6) is 5.75 Å². The first-order chi connectivity index (χ1) is 12.6. The monoisotopic (exact) mass is 356 g/mol. The number of hydrogen-bond acceptors (Lipinski definition) is 6. The highest BCUT2D eigenvalue weighted by Crippen LogP contribution is 2.18. The lowest BCUT2D eigenvalue weighted by molar-refractivity contribution is -0.385. The SMILES string of the molecule is COc1ccc(CC(=O)N2CCN(c3ccc([N+](=O)[O-])cn3)CC2)cc1. The molecule has 1 fully saturated rings. The van der Waals surface area contributed by atoms with E-state index in [0.717, 1.165) is 11.3 Å². The van der Waals surface area contributed by atoms with E-state index in [2.05, 4.69) is 4.98 Å². The van der Waals surface area contributed by atoms with Crippen molar-refractivity contribution in [1.29, 1.82) is 0 Å². The van der Waals surface area contributed by atoms with Crippen molar-refractivity contribution >= 4 is 17.4 Å². The van der Waals surface area contributed by atoms with Crippen LogP contribution in [-0.4, -0.2) is 54.0 Å². The number of piperazine rings is 1. The normalized spacial score (nSPS) is 14.2. The van der Waals surface area contributed by atoms with Crippen LogP contribution in [0.1, 0.15) is 5.56 Å². The van der Waals surface area contributed by atoms with E-state index in [-0.39, 0.29) is 11.6 Å². The zero-order valence-corrected chi connectivity index (χ0v) is 14.5. The maximum Gasteiger partial charge on any atom is 0.287 e. The van der Waals surface area contributed by atoms with Crippen LogP contribution < -0.4 is 9.64 Å². The highest BCUT2D eigenvalue weighted by Gasteiger charge is 2.22. The molecule has 0 unspecified atom stereocenters. The Bertz CT molecular complexity index is 769. The number of nitrogens with zero attached hydrogens (tertiary/aromatic N) is 4. The molecule has 0 atom stereocenters. The Kier molecular flexibility index (Phi) is 5.31. The summed E-state index contributed by atoms with van der Waals surface area (Å²) in [6.45, 7) is 2.51. The summed E-state index contributed by atoms with van der Waals surface area (Å²) in [6, 6.07) is 10.6. The molecule has 0 N–H and O–H groups in total. The maximum atomic E-state index is 12.5. The summed E-state index contributed by atoms with van der Waals surface area (Å²) in [5.74, 6) is 1.55. The number of carbonyl (C=O) groups is 1. The maximum absolute atomic E-state index is 12.5. The fourth-order valence-corrected chi connectivity index (χ4v) is 2.89. The van der Waals surface area contributed by atoms with Crippen molar-refractivity contribution in [1.82, 2.24) is 9.88 Å². The van der Waals surface area contributed by atoms with Gasteiger partial charge in [-0.15, -0.1) is 0 Å². The topological polar surface area (TPSA) is 88.8 Å². The van der Waals surface area contributed by atoms with E-state index in [1.807, 2.05) is 34.1 Å². The van der Waals surface area contributed by atoms with Gasteiger partial charge < -0.3 is 14.5 Å². The van der Waals surface area contributed by atoms with Gasteiger partial charge in [0.2, 0.25) is 5.91 Å². The van der Waals surface area contributed by atoms with Gasteiger partial charge in [0.1, 0.15) is 17.8 Å². The van der Waals surface area contributed by atoms with Gasteiger partial charge in [-0.25, -0.2) is 4.98 Å². The Balaban J connectivity index is 1.53. The number of anilines is 1. The average molecular weight is 356 g/mol. The summed E-state index contributed by atoms with van der Waals surface area (Å²) in [4.78, 5) is 30.7.